The van der Waals surface area contributed by atoms with Crippen molar-refractivity contribution in [3.8, 4) is 0 Å². The first kappa shape index (κ1) is 18.0. The average molecular weight is 327 g/mol. The zero-order valence-electron chi connectivity index (χ0n) is 15.1. The first-order valence-corrected chi connectivity index (χ1v) is 8.37. The predicted octanol–water partition coefficient (Wildman–Crippen LogP) is 4.47. The number of amides is 1. The van der Waals surface area contributed by atoms with E-state index in [1.165, 1.54) is 0 Å². The summed E-state index contributed by atoms with van der Waals surface area (Å²) in [5, 5.41) is 2.87. The molecule has 2 aromatic rings. The minimum Gasteiger partial charge on any atom is -0.465 e. The van der Waals surface area contributed by atoms with Crippen molar-refractivity contribution in [2.24, 2.45) is 0 Å². The van der Waals surface area contributed by atoms with Gasteiger partial charge >= 0.3 is 0 Å². The van der Waals surface area contributed by atoms with Crippen molar-refractivity contribution in [1.82, 2.24) is 0 Å². The Morgan fingerprint density at radius 3 is 2.50 bits per heavy atom. The number of nitrogens with one attached hydrogen (secondary N) is 1. The highest BCUT2D eigenvalue weighted by molar-refractivity contribution is 6.05. The summed E-state index contributed by atoms with van der Waals surface area (Å²) in [6.45, 7) is 9.46. The van der Waals surface area contributed by atoms with Crippen molar-refractivity contribution >= 4 is 11.6 Å². The maximum absolute atomic E-state index is 12.8. The van der Waals surface area contributed by atoms with Crippen molar-refractivity contribution in [2.45, 2.75) is 53.9 Å². The fraction of sp³-hybridized carbons (Fsp3) is 0.400. The number of carbonyl (C=O) groups is 1. The van der Waals surface area contributed by atoms with Gasteiger partial charge in [-0.3, -0.25) is 9.59 Å². The van der Waals surface area contributed by atoms with Crippen molar-refractivity contribution in [3.63, 3.8) is 0 Å². The molecule has 0 radical (unpaired) electrons. The number of carbonyl (C=O) groups excluding carboxylic acids is 1. The van der Waals surface area contributed by atoms with Crippen LogP contribution in [0.4, 0.5) is 5.69 Å². The average Bonchev–Trinajstić information content (AvgIpc) is 2.54. The van der Waals surface area contributed by atoms with Gasteiger partial charge in [-0.25, -0.2) is 0 Å². The second-order valence-electron chi connectivity index (χ2n) is 6.22. The Labute approximate surface area is 142 Å². The van der Waals surface area contributed by atoms with E-state index in [2.05, 4.69) is 12.2 Å². The molecule has 0 aliphatic rings. The minimum atomic E-state index is -0.397. The third kappa shape index (κ3) is 3.58. The monoisotopic (exact) mass is 327 g/mol. The van der Waals surface area contributed by atoms with Gasteiger partial charge in [0, 0.05) is 17.7 Å². The number of benzene rings is 1. The maximum atomic E-state index is 12.8. The number of hydrogen-bond acceptors (Lipinski definition) is 3. The Morgan fingerprint density at radius 2 is 1.83 bits per heavy atom. The Balaban J connectivity index is 2.46. The van der Waals surface area contributed by atoms with Gasteiger partial charge in [0.25, 0.3) is 5.91 Å². The van der Waals surface area contributed by atoms with E-state index in [0.29, 0.717) is 23.5 Å². The summed E-state index contributed by atoms with van der Waals surface area (Å²) >= 11 is 0. The van der Waals surface area contributed by atoms with E-state index in [1.54, 1.807) is 13.8 Å². The summed E-state index contributed by atoms with van der Waals surface area (Å²) in [6.07, 6.45) is 2.42. The van der Waals surface area contributed by atoms with Crippen LogP contribution >= 0.6 is 0 Å². The number of unbranched alkanes of at least 4 members (excludes halogenated alkanes) is 1. The van der Waals surface area contributed by atoms with Crippen LogP contribution in [0, 0.1) is 27.7 Å². The molecule has 0 saturated carbocycles. The van der Waals surface area contributed by atoms with Crippen LogP contribution in [0.15, 0.2) is 27.4 Å². The molecule has 0 fully saturated rings. The fourth-order valence-corrected chi connectivity index (χ4v) is 2.60. The van der Waals surface area contributed by atoms with E-state index in [9.17, 15) is 9.59 Å². The van der Waals surface area contributed by atoms with E-state index >= 15 is 0 Å². The molecule has 0 saturated heterocycles. The Morgan fingerprint density at radius 1 is 1.12 bits per heavy atom. The summed E-state index contributed by atoms with van der Waals surface area (Å²) < 4.78 is 5.77. The fourth-order valence-electron chi connectivity index (χ4n) is 2.60. The SMILES string of the molecule is CCCCc1oc(C)c(C)c(=O)c1C(=O)Nc1cccc(C)c1C. The van der Waals surface area contributed by atoms with Crippen LogP contribution in [-0.4, -0.2) is 5.91 Å². The quantitative estimate of drug-likeness (QED) is 0.881. The lowest BCUT2D eigenvalue weighted by molar-refractivity contribution is 0.102. The molecule has 1 aromatic carbocycles. The minimum absolute atomic E-state index is 0.132. The predicted molar refractivity (Wildman–Crippen MR) is 96.9 cm³/mol. The highest BCUT2D eigenvalue weighted by atomic mass is 16.3. The highest BCUT2D eigenvalue weighted by Crippen LogP contribution is 2.20. The van der Waals surface area contributed by atoms with Gasteiger partial charge in [0.2, 0.25) is 5.43 Å². The van der Waals surface area contributed by atoms with Crippen LogP contribution in [0.3, 0.4) is 0 Å². The standard InChI is InChI=1S/C20H25NO3/c1-6-7-11-17-18(19(22)14(4)15(5)24-17)20(23)21-16-10-8-9-12(2)13(16)3/h8-10H,6-7,11H2,1-5H3,(H,21,23). The van der Waals surface area contributed by atoms with Crippen LogP contribution in [-0.2, 0) is 6.42 Å². The number of hydrogen-bond donors (Lipinski definition) is 1. The maximum Gasteiger partial charge on any atom is 0.263 e. The zero-order chi connectivity index (χ0) is 17.9. The second kappa shape index (κ2) is 7.47. The first-order chi connectivity index (χ1) is 11.4. The first-order valence-electron chi connectivity index (χ1n) is 8.37. The largest absolute Gasteiger partial charge is 0.465 e. The molecule has 2 rings (SSSR count). The summed E-state index contributed by atoms with van der Waals surface area (Å²) in [4.78, 5) is 25.4. The number of aryl methyl sites for hydroxylation is 3. The van der Waals surface area contributed by atoms with Crippen LogP contribution < -0.4 is 10.7 Å². The lowest BCUT2D eigenvalue weighted by Gasteiger charge is -2.13. The highest BCUT2D eigenvalue weighted by Gasteiger charge is 2.21. The van der Waals surface area contributed by atoms with Crippen molar-refractivity contribution in [1.29, 1.82) is 0 Å². The number of rotatable bonds is 5. The molecule has 0 aliphatic carbocycles. The molecule has 1 amide bonds. The van der Waals surface area contributed by atoms with Gasteiger partial charge in [-0.2, -0.15) is 0 Å². The van der Waals surface area contributed by atoms with Crippen molar-refractivity contribution in [3.05, 3.63) is 62.2 Å². The van der Waals surface area contributed by atoms with E-state index in [-0.39, 0.29) is 11.0 Å². The van der Waals surface area contributed by atoms with E-state index < -0.39 is 5.91 Å². The molecule has 0 spiro atoms. The van der Waals surface area contributed by atoms with Gasteiger partial charge in [-0.05, 0) is 51.3 Å². The molecule has 128 valence electrons. The van der Waals surface area contributed by atoms with Gasteiger partial charge in [0.1, 0.15) is 17.1 Å². The van der Waals surface area contributed by atoms with Gasteiger partial charge < -0.3 is 9.73 Å². The molecule has 0 unspecified atom stereocenters. The normalized spacial score (nSPS) is 10.7. The van der Waals surface area contributed by atoms with Crippen molar-refractivity contribution < 1.29 is 9.21 Å². The summed E-state index contributed by atoms with van der Waals surface area (Å²) in [5.41, 5.74) is 3.18. The number of anilines is 1. The van der Waals surface area contributed by atoms with Crippen LogP contribution in [0.1, 0.15) is 58.3 Å². The Hall–Kier alpha value is -2.36. The molecule has 4 nitrogen and oxygen atoms in total. The second-order valence-corrected chi connectivity index (χ2v) is 6.22. The molecule has 0 atom stereocenters. The molecule has 1 heterocycles. The molecule has 1 aromatic heterocycles. The zero-order valence-corrected chi connectivity index (χ0v) is 15.1. The third-order valence-corrected chi connectivity index (χ3v) is 4.49. The Kier molecular flexibility index (Phi) is 5.60. The molecular weight excluding hydrogens is 302 g/mol. The molecule has 24 heavy (non-hydrogen) atoms. The third-order valence-electron chi connectivity index (χ3n) is 4.49. The lowest BCUT2D eigenvalue weighted by Crippen LogP contribution is -2.26. The van der Waals surface area contributed by atoms with Gasteiger partial charge in [-0.15, -0.1) is 0 Å². The van der Waals surface area contributed by atoms with Crippen molar-refractivity contribution in [2.75, 3.05) is 5.32 Å². The molecule has 4 heteroatoms. The molecule has 1 N–H and O–H groups in total. The van der Waals surface area contributed by atoms with Gasteiger partial charge in [0.15, 0.2) is 0 Å². The Bertz CT molecular complexity index is 818. The molecule has 0 bridgehead atoms. The lowest BCUT2D eigenvalue weighted by atomic mass is 10.0. The van der Waals surface area contributed by atoms with Gasteiger partial charge in [-0.1, -0.05) is 25.5 Å². The topological polar surface area (TPSA) is 59.3 Å². The van der Waals surface area contributed by atoms with E-state index in [1.807, 2.05) is 32.0 Å². The summed E-state index contributed by atoms with van der Waals surface area (Å²) in [5.74, 6) is 0.661. The van der Waals surface area contributed by atoms with Crippen LogP contribution in [0.2, 0.25) is 0 Å². The smallest absolute Gasteiger partial charge is 0.263 e. The summed E-state index contributed by atoms with van der Waals surface area (Å²) in [7, 11) is 0. The van der Waals surface area contributed by atoms with Crippen LogP contribution in [0.5, 0.6) is 0 Å². The van der Waals surface area contributed by atoms with Gasteiger partial charge in [0.05, 0.1) is 0 Å². The summed E-state index contributed by atoms with van der Waals surface area (Å²) in [6, 6.07) is 5.72. The van der Waals surface area contributed by atoms with E-state index in [4.69, 9.17) is 4.42 Å². The van der Waals surface area contributed by atoms with E-state index in [0.717, 1.165) is 29.7 Å². The molecular formula is C20H25NO3. The van der Waals surface area contributed by atoms with Crippen LogP contribution in [0.25, 0.3) is 0 Å². The molecule has 0 aliphatic heterocycles.